The maximum atomic E-state index is 11.5. The summed E-state index contributed by atoms with van der Waals surface area (Å²) in [6.45, 7) is 7.01. The van der Waals surface area contributed by atoms with Crippen molar-refractivity contribution in [2.45, 2.75) is 129 Å². The summed E-state index contributed by atoms with van der Waals surface area (Å²) < 4.78 is 20.6. The van der Waals surface area contributed by atoms with Gasteiger partial charge in [-0.2, -0.15) is 0 Å². The molecule has 17 heteroatoms. The van der Waals surface area contributed by atoms with Crippen molar-refractivity contribution in [3.05, 3.63) is 0 Å². The fourth-order valence-electron chi connectivity index (χ4n) is 7.41. The average Bonchev–Trinajstić information content (AvgIpc) is 3.16. The summed E-state index contributed by atoms with van der Waals surface area (Å²) in [5.41, 5.74) is 0. The zero-order valence-electron chi connectivity index (χ0n) is 37.4. The van der Waals surface area contributed by atoms with Crippen LogP contribution in [0.25, 0.3) is 0 Å². The van der Waals surface area contributed by atoms with Gasteiger partial charge in [0, 0.05) is 51.7 Å². The van der Waals surface area contributed by atoms with Gasteiger partial charge in [0.25, 0.3) is 0 Å². The first-order valence-electron chi connectivity index (χ1n) is 22.8. The molecule has 0 aliphatic rings. The number of rotatable bonds is 46. The van der Waals surface area contributed by atoms with Crippen molar-refractivity contribution in [1.82, 2.24) is 14.7 Å². The number of hydrogen-bond donors (Lipinski definition) is 6. The number of nitrogens with zero attached hydrogens (tertiary/aromatic N) is 4. The maximum Gasteiger partial charge on any atom is 0.501 e. The lowest BCUT2D eigenvalue weighted by molar-refractivity contribution is -0.910. The van der Waals surface area contributed by atoms with E-state index in [0.717, 1.165) is 37.0 Å². The molecule has 0 atom stereocenters. The van der Waals surface area contributed by atoms with E-state index >= 15 is 0 Å². The minimum Gasteiger partial charge on any atom is -0.480 e. The second kappa shape index (κ2) is 37.9. The predicted molar refractivity (Wildman–Crippen MR) is 233 cm³/mol. The van der Waals surface area contributed by atoms with Gasteiger partial charge in [0.2, 0.25) is 0 Å². The SMILES string of the molecule is CCCCCCCCCC[N+](C)(CCCCCCCCCC)CCC[Si](OCCN(CCO)CC(=O)O)(OCCN(CCO)CC(=O)O)OCCN(CCO)CC(=O)O. The molecule has 0 aliphatic heterocycles. The van der Waals surface area contributed by atoms with Crippen LogP contribution >= 0.6 is 0 Å². The van der Waals surface area contributed by atoms with Crippen molar-refractivity contribution < 1.29 is 62.8 Å². The van der Waals surface area contributed by atoms with E-state index in [2.05, 4.69) is 20.9 Å². The first kappa shape index (κ1) is 57.2. The lowest BCUT2D eigenvalue weighted by Crippen LogP contribution is -2.52. The smallest absolute Gasteiger partial charge is 0.480 e. The van der Waals surface area contributed by atoms with Crippen LogP contribution in [0, 0.1) is 0 Å². The molecule has 0 rings (SSSR count). The van der Waals surface area contributed by atoms with Crippen molar-refractivity contribution in [1.29, 1.82) is 0 Å². The van der Waals surface area contributed by atoms with Crippen LogP contribution in [-0.2, 0) is 27.7 Å². The fourth-order valence-corrected chi connectivity index (χ4v) is 9.89. The van der Waals surface area contributed by atoms with Gasteiger partial charge >= 0.3 is 26.7 Å². The molecule has 0 aliphatic carbocycles. The van der Waals surface area contributed by atoms with E-state index in [9.17, 15) is 45.0 Å². The summed E-state index contributed by atoms with van der Waals surface area (Å²) in [7, 11) is -1.29. The van der Waals surface area contributed by atoms with Crippen LogP contribution in [0.2, 0.25) is 6.04 Å². The minimum atomic E-state index is -3.62. The molecule has 0 heterocycles. The number of aliphatic hydroxyl groups excluding tert-OH is 3. The van der Waals surface area contributed by atoms with E-state index in [1.54, 1.807) is 14.7 Å². The van der Waals surface area contributed by atoms with E-state index in [0.29, 0.717) is 12.5 Å². The van der Waals surface area contributed by atoms with Crippen LogP contribution in [0.5, 0.6) is 0 Å². The largest absolute Gasteiger partial charge is 0.501 e. The van der Waals surface area contributed by atoms with Gasteiger partial charge in [-0.25, -0.2) is 0 Å². The number of carboxylic acid groups (broad SMARTS) is 3. The number of unbranched alkanes of at least 4 members (excludes halogenated alkanes) is 14. The molecule has 0 amide bonds. The molecule has 6 N–H and O–H groups in total. The summed E-state index contributed by atoms with van der Waals surface area (Å²) in [5.74, 6) is -3.11. The van der Waals surface area contributed by atoms with Gasteiger partial charge in [-0.3, -0.25) is 29.1 Å². The number of aliphatic hydroxyl groups is 3. The molecule has 0 radical (unpaired) electrons. The van der Waals surface area contributed by atoms with Crippen LogP contribution in [0.4, 0.5) is 0 Å². The third-order valence-electron chi connectivity index (χ3n) is 10.8. The van der Waals surface area contributed by atoms with E-state index in [-0.39, 0.29) is 98.5 Å². The zero-order chi connectivity index (χ0) is 44.0. The van der Waals surface area contributed by atoms with Crippen molar-refractivity contribution in [2.24, 2.45) is 0 Å². The second-order valence-corrected chi connectivity index (χ2v) is 19.0. The van der Waals surface area contributed by atoms with Crippen LogP contribution in [0.15, 0.2) is 0 Å². The molecule has 0 bridgehead atoms. The topological polar surface area (TPSA) is 210 Å². The van der Waals surface area contributed by atoms with E-state index < -0.39 is 26.7 Å². The normalized spacial score (nSPS) is 12.4. The highest BCUT2D eigenvalue weighted by Crippen LogP contribution is 2.22. The first-order valence-corrected chi connectivity index (χ1v) is 24.7. The Morgan fingerprint density at radius 2 is 0.746 bits per heavy atom. The van der Waals surface area contributed by atoms with Gasteiger partial charge in [-0.15, -0.1) is 0 Å². The van der Waals surface area contributed by atoms with Gasteiger partial charge in [-0.1, -0.05) is 90.9 Å². The Kier molecular flexibility index (Phi) is 36.8. The Morgan fingerprint density at radius 3 is 1.03 bits per heavy atom. The summed E-state index contributed by atoms with van der Waals surface area (Å²) in [5, 5.41) is 57.1. The lowest BCUT2D eigenvalue weighted by atomic mass is 10.1. The molecular weight excluding hydrogens is 781 g/mol. The molecule has 0 fully saturated rings. The molecule has 59 heavy (non-hydrogen) atoms. The van der Waals surface area contributed by atoms with Crippen LogP contribution in [0.3, 0.4) is 0 Å². The molecule has 0 aromatic carbocycles. The molecule has 16 nitrogen and oxygen atoms in total. The Bertz CT molecular complexity index is 935. The highest BCUT2D eigenvalue weighted by Gasteiger charge is 2.42. The van der Waals surface area contributed by atoms with Gasteiger partial charge in [0.15, 0.2) is 0 Å². The third-order valence-corrected chi connectivity index (χ3v) is 13.7. The van der Waals surface area contributed by atoms with E-state index in [1.807, 2.05) is 0 Å². The van der Waals surface area contributed by atoms with E-state index in [4.69, 9.17) is 13.3 Å². The van der Waals surface area contributed by atoms with Crippen LogP contribution in [0.1, 0.15) is 123 Å². The summed E-state index contributed by atoms with van der Waals surface area (Å²) in [4.78, 5) is 39.3. The Balaban J connectivity index is 6.28. The Hall–Kier alpha value is -1.77. The highest BCUT2D eigenvalue weighted by molar-refractivity contribution is 6.60. The molecule has 0 aromatic rings. The number of aliphatic carboxylic acids is 3. The molecule has 0 aromatic heterocycles. The van der Waals surface area contributed by atoms with Gasteiger partial charge in [-0.05, 0) is 25.7 Å². The predicted octanol–water partition coefficient (Wildman–Crippen LogP) is 4.23. The number of carbonyl (C=O) groups is 3. The minimum absolute atomic E-state index is 0.0487. The van der Waals surface area contributed by atoms with Crippen molar-refractivity contribution in [2.75, 3.05) is 125 Å². The van der Waals surface area contributed by atoms with Gasteiger partial charge in [0.1, 0.15) is 0 Å². The Labute approximate surface area is 357 Å². The van der Waals surface area contributed by atoms with E-state index in [1.165, 1.54) is 89.9 Å². The maximum absolute atomic E-state index is 11.5. The number of hydrogen-bond acceptors (Lipinski definition) is 12. The lowest BCUT2D eigenvalue weighted by Gasteiger charge is -2.37. The molecule has 350 valence electrons. The van der Waals surface area contributed by atoms with Crippen LogP contribution < -0.4 is 0 Å². The average molecular weight is 868 g/mol. The van der Waals surface area contributed by atoms with Crippen molar-refractivity contribution in [3.63, 3.8) is 0 Å². The summed E-state index contributed by atoms with van der Waals surface area (Å²) in [6, 6.07) is 0.423. The second-order valence-electron chi connectivity index (χ2n) is 16.3. The third kappa shape index (κ3) is 33.5. The quantitative estimate of drug-likeness (QED) is 0.0288. The summed E-state index contributed by atoms with van der Waals surface area (Å²) >= 11 is 0. The molecule has 0 spiro atoms. The standard InChI is InChI=1S/C42H86N4O12Si/c1-4-6-8-10-12-14-16-18-27-46(3,28-19-17-15-13-11-9-7-5-2)29-20-36-59(56-33-24-43(21-30-47)37-40(50)51,57-34-25-44(22-31-48)38-41(52)53)58-35-26-45(23-32-49)39-42(54)55/h47-49H,4-39H2,1-3H3,(H2-,50,51,52,53,54,55)/p+1. The zero-order valence-corrected chi connectivity index (χ0v) is 38.4. The van der Waals surface area contributed by atoms with Crippen molar-refractivity contribution >= 4 is 26.7 Å². The fraction of sp³-hybridized carbons (Fsp3) is 0.929. The van der Waals surface area contributed by atoms with Gasteiger partial charge in [0.05, 0.1) is 86.0 Å². The van der Waals surface area contributed by atoms with Crippen molar-refractivity contribution in [3.8, 4) is 0 Å². The summed E-state index contributed by atoms with van der Waals surface area (Å²) in [6.07, 6.45) is 20.7. The number of carboxylic acids is 3. The van der Waals surface area contributed by atoms with Crippen LogP contribution in [-0.4, -0.2) is 202 Å². The molecule has 0 unspecified atom stereocenters. The van der Waals surface area contributed by atoms with Gasteiger partial charge < -0.3 is 48.4 Å². The Morgan fingerprint density at radius 1 is 0.458 bits per heavy atom. The molecular formula is C42H87N4O12Si+. The molecule has 0 saturated carbocycles. The first-order chi connectivity index (χ1) is 28.4. The molecule has 0 saturated heterocycles. The monoisotopic (exact) mass is 868 g/mol. The highest BCUT2D eigenvalue weighted by atomic mass is 28.4. The number of quaternary nitrogens is 1.